The summed E-state index contributed by atoms with van der Waals surface area (Å²) in [5, 5.41) is 19.3. The van der Waals surface area contributed by atoms with Crippen LogP contribution in [0.3, 0.4) is 0 Å². The first-order valence-electron chi connectivity index (χ1n) is 13.6. The average Bonchev–Trinajstić information content (AvgIpc) is 2.86. The van der Waals surface area contributed by atoms with Gasteiger partial charge in [0.05, 0.1) is 12.1 Å². The van der Waals surface area contributed by atoms with Gasteiger partial charge >= 0.3 is 12.1 Å². The van der Waals surface area contributed by atoms with Crippen LogP contribution in [0.25, 0.3) is 0 Å². The summed E-state index contributed by atoms with van der Waals surface area (Å²) < 4.78 is 38.6. The normalized spacial score (nSPS) is 11.4. The third kappa shape index (κ3) is 12.5. The summed E-state index contributed by atoms with van der Waals surface area (Å²) >= 11 is 0. The quantitative estimate of drug-likeness (QED) is 0.169. The molecule has 0 radical (unpaired) electrons. The van der Waals surface area contributed by atoms with Gasteiger partial charge in [-0.2, -0.15) is 13.2 Å². The number of aromatic hydroxyl groups is 1. The average molecular weight is 532 g/mol. The van der Waals surface area contributed by atoms with Crippen LogP contribution in [0, 0.1) is 11.8 Å². The number of nitrogens with zero attached hydrogens (tertiary/aromatic N) is 1. The standard InChI is InChI=1S/C31H40F3NO3/c1-2-3-4-5-6-7-8-9-10-11-12-13-14-25-15-17-26(18-16-25)22-35(24-30(37)38)23-27-19-20-28(21-29(27)36)31(32,33)34/h15-21,36H,2-12,22-24H2,1H3,(H,37,38). The van der Waals surface area contributed by atoms with Gasteiger partial charge in [-0.3, -0.25) is 9.69 Å². The molecule has 0 aliphatic heterocycles. The summed E-state index contributed by atoms with van der Waals surface area (Å²) in [7, 11) is 0. The number of carbonyl (C=O) groups is 1. The number of unbranched alkanes of at least 4 members (excludes halogenated alkanes) is 10. The van der Waals surface area contributed by atoms with E-state index in [-0.39, 0.29) is 25.2 Å². The van der Waals surface area contributed by atoms with E-state index in [2.05, 4.69) is 18.8 Å². The molecule has 0 fully saturated rings. The van der Waals surface area contributed by atoms with Crippen molar-refractivity contribution >= 4 is 5.97 Å². The summed E-state index contributed by atoms with van der Waals surface area (Å²) in [5.41, 5.74) is 1.01. The van der Waals surface area contributed by atoms with E-state index in [9.17, 15) is 28.2 Å². The highest BCUT2D eigenvalue weighted by Crippen LogP contribution is 2.33. The van der Waals surface area contributed by atoms with E-state index < -0.39 is 23.5 Å². The minimum atomic E-state index is -4.56. The van der Waals surface area contributed by atoms with Crippen LogP contribution < -0.4 is 0 Å². The van der Waals surface area contributed by atoms with Gasteiger partial charge < -0.3 is 10.2 Å². The predicted molar refractivity (Wildman–Crippen MR) is 145 cm³/mol. The van der Waals surface area contributed by atoms with Crippen LogP contribution in [0.1, 0.15) is 99.8 Å². The van der Waals surface area contributed by atoms with Gasteiger partial charge in [-0.05, 0) is 36.2 Å². The lowest BCUT2D eigenvalue weighted by atomic mass is 10.1. The molecule has 0 aromatic heterocycles. The smallest absolute Gasteiger partial charge is 0.416 e. The van der Waals surface area contributed by atoms with Gasteiger partial charge in [0, 0.05) is 30.6 Å². The molecule has 0 heterocycles. The number of phenols is 1. The number of hydrogen-bond acceptors (Lipinski definition) is 3. The molecule has 208 valence electrons. The number of hydrogen-bond donors (Lipinski definition) is 2. The third-order valence-electron chi connectivity index (χ3n) is 6.41. The molecule has 0 saturated carbocycles. The zero-order valence-electron chi connectivity index (χ0n) is 22.3. The monoisotopic (exact) mass is 531 g/mol. The molecule has 4 nitrogen and oxygen atoms in total. The molecule has 2 aromatic rings. The fraction of sp³-hybridized carbons (Fsp3) is 0.516. The predicted octanol–water partition coefficient (Wildman–Crippen LogP) is 8.16. The fourth-order valence-electron chi connectivity index (χ4n) is 4.29. The van der Waals surface area contributed by atoms with Crippen molar-refractivity contribution in [2.24, 2.45) is 0 Å². The number of phenolic OH excluding ortho intramolecular Hbond substituents is 1. The first kappa shape index (κ1) is 31.2. The van der Waals surface area contributed by atoms with Gasteiger partial charge in [0.2, 0.25) is 0 Å². The maximum absolute atomic E-state index is 12.9. The van der Waals surface area contributed by atoms with E-state index in [1.807, 2.05) is 24.3 Å². The molecule has 0 amide bonds. The second-order valence-corrected chi connectivity index (χ2v) is 9.81. The minimum Gasteiger partial charge on any atom is -0.508 e. The Bertz CT molecular complexity index is 1040. The topological polar surface area (TPSA) is 60.8 Å². The molecule has 38 heavy (non-hydrogen) atoms. The number of carboxylic acids is 1. The highest BCUT2D eigenvalue weighted by Gasteiger charge is 2.31. The van der Waals surface area contributed by atoms with E-state index in [0.717, 1.165) is 30.0 Å². The van der Waals surface area contributed by atoms with E-state index >= 15 is 0 Å². The van der Waals surface area contributed by atoms with Gasteiger partial charge in [-0.15, -0.1) is 0 Å². The number of alkyl halides is 3. The molecule has 0 spiro atoms. The Morgan fingerprint density at radius 2 is 1.47 bits per heavy atom. The maximum Gasteiger partial charge on any atom is 0.416 e. The van der Waals surface area contributed by atoms with Gasteiger partial charge in [-0.1, -0.05) is 94.8 Å². The Balaban J connectivity index is 1.80. The number of benzene rings is 2. The molecule has 0 aliphatic rings. The number of rotatable bonds is 16. The number of aliphatic carboxylic acids is 1. The van der Waals surface area contributed by atoms with Crippen LogP contribution in [0.2, 0.25) is 0 Å². The second-order valence-electron chi connectivity index (χ2n) is 9.81. The van der Waals surface area contributed by atoms with Crippen LogP contribution >= 0.6 is 0 Å². The lowest BCUT2D eigenvalue weighted by molar-refractivity contribution is -0.139. The second kappa shape index (κ2) is 16.8. The van der Waals surface area contributed by atoms with Crippen molar-refractivity contribution in [1.82, 2.24) is 4.90 Å². The van der Waals surface area contributed by atoms with Crippen molar-refractivity contribution in [1.29, 1.82) is 0 Å². The van der Waals surface area contributed by atoms with Crippen molar-refractivity contribution in [3.63, 3.8) is 0 Å². The number of halogens is 3. The Hall–Kier alpha value is -2.98. The van der Waals surface area contributed by atoms with Crippen molar-refractivity contribution in [3.05, 3.63) is 64.7 Å². The molecule has 0 saturated heterocycles. The molecule has 2 aromatic carbocycles. The molecular formula is C31H40F3NO3. The van der Waals surface area contributed by atoms with Crippen LogP contribution in [0.15, 0.2) is 42.5 Å². The van der Waals surface area contributed by atoms with E-state index in [1.165, 1.54) is 63.9 Å². The third-order valence-corrected chi connectivity index (χ3v) is 6.41. The lowest BCUT2D eigenvalue weighted by Crippen LogP contribution is -2.29. The van der Waals surface area contributed by atoms with Crippen LogP contribution in [0.4, 0.5) is 13.2 Å². The Morgan fingerprint density at radius 3 is 2.03 bits per heavy atom. The first-order chi connectivity index (χ1) is 18.2. The van der Waals surface area contributed by atoms with Crippen molar-refractivity contribution in [3.8, 4) is 17.6 Å². The highest BCUT2D eigenvalue weighted by molar-refractivity contribution is 5.69. The van der Waals surface area contributed by atoms with Crippen molar-refractivity contribution in [2.45, 2.75) is 96.8 Å². The van der Waals surface area contributed by atoms with E-state index in [0.29, 0.717) is 6.07 Å². The SMILES string of the molecule is CCCCCCCCCCCCC#Cc1ccc(CN(CC(=O)O)Cc2ccc(C(F)(F)F)cc2O)cc1. The molecule has 0 aliphatic carbocycles. The summed E-state index contributed by atoms with van der Waals surface area (Å²) in [4.78, 5) is 12.9. The van der Waals surface area contributed by atoms with Crippen molar-refractivity contribution in [2.75, 3.05) is 6.54 Å². The summed E-state index contributed by atoms with van der Waals surface area (Å²) in [6.45, 7) is 2.18. The van der Waals surface area contributed by atoms with Crippen LogP contribution in [0.5, 0.6) is 5.75 Å². The zero-order valence-corrected chi connectivity index (χ0v) is 22.3. The Kier molecular flexibility index (Phi) is 13.8. The van der Waals surface area contributed by atoms with Gasteiger partial charge in [0.25, 0.3) is 0 Å². The zero-order chi connectivity index (χ0) is 27.8. The largest absolute Gasteiger partial charge is 0.508 e. The molecular weight excluding hydrogens is 491 g/mol. The Labute approximate surface area is 224 Å². The van der Waals surface area contributed by atoms with Gasteiger partial charge in [0.1, 0.15) is 5.75 Å². The summed E-state index contributed by atoms with van der Waals surface area (Å²) in [5.74, 6) is 4.82. The molecule has 0 unspecified atom stereocenters. The highest BCUT2D eigenvalue weighted by atomic mass is 19.4. The minimum absolute atomic E-state index is 0.00329. The maximum atomic E-state index is 12.9. The number of carboxylic acid groups (broad SMARTS) is 1. The van der Waals surface area contributed by atoms with Gasteiger partial charge in [-0.25, -0.2) is 0 Å². The summed E-state index contributed by atoms with van der Waals surface area (Å²) in [6, 6.07) is 10.2. The fourth-order valence-corrected chi connectivity index (χ4v) is 4.29. The molecule has 2 rings (SSSR count). The summed E-state index contributed by atoms with van der Waals surface area (Å²) in [6.07, 6.45) is 9.21. The van der Waals surface area contributed by atoms with Crippen molar-refractivity contribution < 1.29 is 28.2 Å². The molecule has 0 atom stereocenters. The molecule has 7 heteroatoms. The molecule has 0 bridgehead atoms. The van der Waals surface area contributed by atoms with Crippen LogP contribution in [-0.4, -0.2) is 27.6 Å². The van der Waals surface area contributed by atoms with Crippen LogP contribution in [-0.2, 0) is 24.1 Å². The van der Waals surface area contributed by atoms with Gasteiger partial charge in [0.15, 0.2) is 0 Å². The van der Waals surface area contributed by atoms with E-state index in [4.69, 9.17) is 0 Å². The Morgan fingerprint density at radius 1 is 0.868 bits per heavy atom. The van der Waals surface area contributed by atoms with E-state index in [1.54, 1.807) is 4.90 Å². The first-order valence-corrected chi connectivity index (χ1v) is 13.6. The molecule has 2 N–H and O–H groups in total. The lowest BCUT2D eigenvalue weighted by Gasteiger charge is -2.21.